The second kappa shape index (κ2) is 7.05. The quantitative estimate of drug-likeness (QED) is 0.561. The van der Waals surface area contributed by atoms with E-state index >= 15 is 0 Å². The molecule has 6 nitrogen and oxygen atoms in total. The summed E-state index contributed by atoms with van der Waals surface area (Å²) in [6, 6.07) is 15.0. The van der Waals surface area contributed by atoms with Gasteiger partial charge in [-0.25, -0.2) is 0 Å². The predicted molar refractivity (Wildman–Crippen MR) is 102 cm³/mol. The average molecular weight is 408 g/mol. The van der Waals surface area contributed by atoms with Gasteiger partial charge in [0.2, 0.25) is 0 Å². The second-order valence-electron chi connectivity index (χ2n) is 5.69. The third-order valence-corrected chi connectivity index (χ3v) is 4.68. The number of halogens is 1. The molecule has 0 aliphatic rings. The third kappa shape index (κ3) is 3.21. The lowest BCUT2D eigenvalue weighted by molar-refractivity contribution is 0.0951. The van der Waals surface area contributed by atoms with Crippen LogP contribution in [-0.4, -0.2) is 25.5 Å². The molecule has 0 saturated carbocycles. The number of benzene rings is 1. The van der Waals surface area contributed by atoms with Crippen LogP contribution >= 0.6 is 15.9 Å². The number of nitrogens with one attached hydrogen (secondary N) is 1. The number of pyridine rings is 2. The first-order valence-corrected chi connectivity index (χ1v) is 8.78. The Morgan fingerprint density at radius 3 is 2.69 bits per heavy atom. The van der Waals surface area contributed by atoms with Crippen molar-refractivity contribution in [2.24, 2.45) is 0 Å². The minimum Gasteiger partial charge on any atom is -0.348 e. The molecule has 1 aromatic carbocycles. The number of nitrogens with zero attached hydrogens (tertiary/aromatic N) is 4. The van der Waals surface area contributed by atoms with Gasteiger partial charge in [-0.2, -0.15) is 0 Å². The predicted octanol–water partition coefficient (Wildman–Crippen LogP) is 3.48. The molecule has 4 aromatic rings. The number of fused-ring (bicyclic) bond motifs is 1. The average Bonchev–Trinajstić information content (AvgIpc) is 3.10. The van der Waals surface area contributed by atoms with Crippen LogP contribution in [0.1, 0.15) is 15.9 Å². The maximum absolute atomic E-state index is 12.4. The van der Waals surface area contributed by atoms with E-state index in [0.29, 0.717) is 17.8 Å². The zero-order chi connectivity index (χ0) is 17.9. The van der Waals surface area contributed by atoms with Gasteiger partial charge in [0.15, 0.2) is 11.5 Å². The summed E-state index contributed by atoms with van der Waals surface area (Å²) < 4.78 is 2.80. The van der Waals surface area contributed by atoms with E-state index in [0.717, 1.165) is 21.4 Å². The summed E-state index contributed by atoms with van der Waals surface area (Å²) in [7, 11) is 0. The van der Waals surface area contributed by atoms with Crippen molar-refractivity contribution in [3.8, 4) is 11.4 Å². The first-order valence-electron chi connectivity index (χ1n) is 7.99. The summed E-state index contributed by atoms with van der Waals surface area (Å²) in [4.78, 5) is 16.4. The highest BCUT2D eigenvalue weighted by atomic mass is 79.9. The van der Waals surface area contributed by atoms with Gasteiger partial charge < -0.3 is 5.32 Å². The highest BCUT2D eigenvalue weighted by molar-refractivity contribution is 9.10. The summed E-state index contributed by atoms with van der Waals surface area (Å²) in [5, 5.41) is 11.4. The van der Waals surface area contributed by atoms with E-state index in [9.17, 15) is 4.79 Å². The first kappa shape index (κ1) is 16.4. The lowest BCUT2D eigenvalue weighted by Crippen LogP contribution is -2.22. The van der Waals surface area contributed by atoms with Crippen LogP contribution in [0, 0.1) is 0 Å². The molecule has 0 atom stereocenters. The molecule has 0 aliphatic carbocycles. The molecule has 0 bridgehead atoms. The molecule has 0 spiro atoms. The van der Waals surface area contributed by atoms with Crippen molar-refractivity contribution >= 4 is 27.5 Å². The van der Waals surface area contributed by atoms with Gasteiger partial charge in [-0.15, -0.1) is 10.2 Å². The molecule has 1 N–H and O–H groups in total. The van der Waals surface area contributed by atoms with Crippen molar-refractivity contribution in [3.63, 3.8) is 0 Å². The Morgan fingerprint density at radius 2 is 1.88 bits per heavy atom. The van der Waals surface area contributed by atoms with E-state index in [-0.39, 0.29) is 5.91 Å². The van der Waals surface area contributed by atoms with Crippen LogP contribution in [0.5, 0.6) is 0 Å². The van der Waals surface area contributed by atoms with Gasteiger partial charge in [0.25, 0.3) is 5.91 Å². The lowest BCUT2D eigenvalue weighted by Gasteiger charge is -2.06. The van der Waals surface area contributed by atoms with Gasteiger partial charge in [-0.05, 0) is 35.9 Å². The van der Waals surface area contributed by atoms with E-state index in [1.807, 2.05) is 47.0 Å². The maximum atomic E-state index is 12.4. The van der Waals surface area contributed by atoms with Gasteiger partial charge in [-0.3, -0.25) is 14.2 Å². The first-order chi connectivity index (χ1) is 12.7. The van der Waals surface area contributed by atoms with Gasteiger partial charge in [0.05, 0.1) is 0 Å². The Balaban J connectivity index is 1.59. The highest BCUT2D eigenvalue weighted by Gasteiger charge is 2.13. The maximum Gasteiger partial charge on any atom is 0.251 e. The Kier molecular flexibility index (Phi) is 4.45. The van der Waals surface area contributed by atoms with Gasteiger partial charge in [-0.1, -0.05) is 34.1 Å². The van der Waals surface area contributed by atoms with E-state index in [4.69, 9.17) is 0 Å². The number of hydrogen-bond donors (Lipinski definition) is 1. The van der Waals surface area contributed by atoms with Crippen LogP contribution in [0.4, 0.5) is 0 Å². The topological polar surface area (TPSA) is 72.2 Å². The molecule has 0 unspecified atom stereocenters. The van der Waals surface area contributed by atoms with Crippen molar-refractivity contribution in [1.29, 1.82) is 0 Å². The molecule has 128 valence electrons. The molecule has 4 rings (SSSR count). The molecule has 1 amide bonds. The van der Waals surface area contributed by atoms with Gasteiger partial charge >= 0.3 is 0 Å². The number of amides is 1. The Hall–Kier alpha value is -3.06. The van der Waals surface area contributed by atoms with E-state index in [2.05, 4.69) is 36.4 Å². The summed E-state index contributed by atoms with van der Waals surface area (Å²) in [5.74, 6) is 0.561. The molecule has 0 saturated heterocycles. The number of carbonyl (C=O) groups excluding carboxylic acids is 1. The van der Waals surface area contributed by atoms with E-state index in [1.165, 1.54) is 0 Å². The van der Waals surface area contributed by atoms with Crippen LogP contribution in [0.3, 0.4) is 0 Å². The van der Waals surface area contributed by atoms with Crippen LogP contribution in [-0.2, 0) is 6.54 Å². The normalized spacial score (nSPS) is 10.8. The summed E-state index contributed by atoms with van der Waals surface area (Å²) in [6.45, 7) is 0.446. The molecule has 0 radical (unpaired) electrons. The van der Waals surface area contributed by atoms with Crippen molar-refractivity contribution in [1.82, 2.24) is 24.9 Å². The molecular formula is C19H14BrN5O. The fourth-order valence-electron chi connectivity index (χ4n) is 2.64. The monoisotopic (exact) mass is 407 g/mol. The molecule has 3 heterocycles. The van der Waals surface area contributed by atoms with E-state index in [1.54, 1.807) is 24.5 Å². The lowest BCUT2D eigenvalue weighted by atomic mass is 10.2. The molecular weight excluding hydrogens is 394 g/mol. The molecule has 0 aliphatic heterocycles. The van der Waals surface area contributed by atoms with Crippen LogP contribution < -0.4 is 5.32 Å². The summed E-state index contributed by atoms with van der Waals surface area (Å²) in [5.41, 5.74) is 3.09. The van der Waals surface area contributed by atoms with Gasteiger partial charge in [0, 0.05) is 40.7 Å². The van der Waals surface area contributed by atoms with Crippen molar-refractivity contribution in [3.05, 3.63) is 82.7 Å². The number of aromatic nitrogens is 4. The Morgan fingerprint density at radius 1 is 1.08 bits per heavy atom. The zero-order valence-corrected chi connectivity index (χ0v) is 15.2. The number of hydrogen-bond acceptors (Lipinski definition) is 4. The largest absolute Gasteiger partial charge is 0.348 e. The van der Waals surface area contributed by atoms with Crippen molar-refractivity contribution in [2.45, 2.75) is 6.54 Å². The van der Waals surface area contributed by atoms with Crippen LogP contribution in [0.25, 0.3) is 17.0 Å². The Labute approximate surface area is 158 Å². The number of rotatable bonds is 4. The summed E-state index contributed by atoms with van der Waals surface area (Å²) in [6.07, 6.45) is 5.21. The van der Waals surface area contributed by atoms with E-state index < -0.39 is 0 Å². The fraction of sp³-hybridized carbons (Fsp3) is 0.0526. The van der Waals surface area contributed by atoms with Crippen molar-refractivity contribution < 1.29 is 4.79 Å². The third-order valence-electron chi connectivity index (χ3n) is 3.99. The SMILES string of the molecule is O=C(NCc1ccncc1)c1ccn2c(-c3ccccc3Br)nnc2c1. The van der Waals surface area contributed by atoms with Crippen LogP contribution in [0.15, 0.2) is 71.6 Å². The molecule has 7 heteroatoms. The number of carbonyl (C=O) groups is 1. The standard InChI is InChI=1S/C19H14BrN5O/c20-16-4-2-1-3-15(16)18-24-23-17-11-14(7-10-25(17)18)19(26)22-12-13-5-8-21-9-6-13/h1-11H,12H2,(H,22,26). The molecule has 0 fully saturated rings. The minimum absolute atomic E-state index is 0.158. The summed E-state index contributed by atoms with van der Waals surface area (Å²) >= 11 is 3.53. The molecule has 3 aromatic heterocycles. The van der Waals surface area contributed by atoms with Crippen LogP contribution in [0.2, 0.25) is 0 Å². The zero-order valence-electron chi connectivity index (χ0n) is 13.6. The molecule has 26 heavy (non-hydrogen) atoms. The van der Waals surface area contributed by atoms with Crippen molar-refractivity contribution in [2.75, 3.05) is 0 Å². The van der Waals surface area contributed by atoms with Gasteiger partial charge in [0.1, 0.15) is 0 Å². The second-order valence-corrected chi connectivity index (χ2v) is 6.54. The fourth-order valence-corrected chi connectivity index (χ4v) is 3.11. The smallest absolute Gasteiger partial charge is 0.251 e. The minimum atomic E-state index is -0.158. The Bertz CT molecular complexity index is 1080. The highest BCUT2D eigenvalue weighted by Crippen LogP contribution is 2.26.